The first-order valence-electron chi connectivity index (χ1n) is 7.40. The number of fused-ring (bicyclic) bond motifs is 1. The van der Waals surface area contributed by atoms with Crippen molar-refractivity contribution in [3.63, 3.8) is 0 Å². The molecule has 3 heteroatoms. The Bertz CT molecular complexity index is 802. The molecule has 0 bridgehead atoms. The summed E-state index contributed by atoms with van der Waals surface area (Å²) in [6.45, 7) is 6.98. The SMILES string of the molecule is C=C(NCCC)c1cc2cccc(-c3ccc(F)cc3)c2o1. The zero-order chi connectivity index (χ0) is 15.5. The van der Waals surface area contributed by atoms with Gasteiger partial charge in [-0.3, -0.25) is 0 Å². The van der Waals surface area contributed by atoms with Gasteiger partial charge in [-0.1, -0.05) is 43.8 Å². The standard InChI is InChI=1S/C19H18FNO/c1-3-11-21-13(2)18-12-15-5-4-6-17(19(15)22-18)14-7-9-16(20)10-8-14/h4-10,12,21H,2-3,11H2,1H3. The third-order valence-electron chi connectivity index (χ3n) is 3.59. The predicted molar refractivity (Wildman–Crippen MR) is 88.9 cm³/mol. The van der Waals surface area contributed by atoms with Crippen molar-refractivity contribution in [1.82, 2.24) is 5.32 Å². The smallest absolute Gasteiger partial charge is 0.150 e. The van der Waals surface area contributed by atoms with Crippen molar-refractivity contribution in [3.05, 3.63) is 66.7 Å². The molecule has 1 N–H and O–H groups in total. The molecule has 0 spiro atoms. The molecule has 0 saturated carbocycles. The van der Waals surface area contributed by atoms with Crippen LogP contribution in [-0.2, 0) is 0 Å². The third kappa shape index (κ3) is 2.75. The predicted octanol–water partition coefficient (Wildman–Crippen LogP) is 5.21. The second-order valence-electron chi connectivity index (χ2n) is 5.25. The van der Waals surface area contributed by atoms with E-state index in [1.807, 2.05) is 24.3 Å². The quantitative estimate of drug-likeness (QED) is 0.699. The first-order chi connectivity index (χ1) is 10.7. The second kappa shape index (κ2) is 6.06. The molecule has 22 heavy (non-hydrogen) atoms. The molecule has 2 aromatic carbocycles. The summed E-state index contributed by atoms with van der Waals surface area (Å²) in [6.07, 6.45) is 1.03. The average Bonchev–Trinajstić information content (AvgIpc) is 2.97. The van der Waals surface area contributed by atoms with Crippen LogP contribution < -0.4 is 5.32 Å². The topological polar surface area (TPSA) is 25.2 Å². The summed E-state index contributed by atoms with van der Waals surface area (Å²) in [4.78, 5) is 0. The van der Waals surface area contributed by atoms with E-state index in [1.165, 1.54) is 12.1 Å². The van der Waals surface area contributed by atoms with Crippen molar-refractivity contribution in [2.45, 2.75) is 13.3 Å². The van der Waals surface area contributed by atoms with Crippen LogP contribution in [0.15, 0.2) is 59.5 Å². The molecule has 0 saturated heterocycles. The van der Waals surface area contributed by atoms with Gasteiger partial charge >= 0.3 is 0 Å². The van der Waals surface area contributed by atoms with Gasteiger partial charge in [-0.05, 0) is 30.2 Å². The minimum absolute atomic E-state index is 0.242. The lowest BCUT2D eigenvalue weighted by atomic mass is 10.0. The van der Waals surface area contributed by atoms with E-state index in [4.69, 9.17) is 4.42 Å². The molecule has 112 valence electrons. The minimum atomic E-state index is -0.242. The van der Waals surface area contributed by atoms with Crippen molar-refractivity contribution >= 4 is 16.7 Å². The number of hydrogen-bond donors (Lipinski definition) is 1. The maximum Gasteiger partial charge on any atom is 0.150 e. The summed E-state index contributed by atoms with van der Waals surface area (Å²) in [5.74, 6) is 0.492. The van der Waals surface area contributed by atoms with Crippen LogP contribution in [0.5, 0.6) is 0 Å². The van der Waals surface area contributed by atoms with Crippen LogP contribution >= 0.6 is 0 Å². The summed E-state index contributed by atoms with van der Waals surface area (Å²) in [5, 5.41) is 4.25. The fourth-order valence-electron chi connectivity index (χ4n) is 2.43. The van der Waals surface area contributed by atoms with E-state index in [0.29, 0.717) is 0 Å². The Morgan fingerprint density at radius 2 is 1.95 bits per heavy atom. The summed E-state index contributed by atoms with van der Waals surface area (Å²) in [7, 11) is 0. The van der Waals surface area contributed by atoms with Gasteiger partial charge in [-0.25, -0.2) is 4.39 Å². The van der Waals surface area contributed by atoms with Crippen molar-refractivity contribution in [3.8, 4) is 11.1 Å². The number of benzene rings is 2. The fourth-order valence-corrected chi connectivity index (χ4v) is 2.43. The van der Waals surface area contributed by atoms with E-state index in [0.717, 1.165) is 46.5 Å². The Morgan fingerprint density at radius 3 is 2.68 bits per heavy atom. The number of rotatable bonds is 5. The highest BCUT2D eigenvalue weighted by molar-refractivity contribution is 5.94. The Kier molecular flexibility index (Phi) is 3.96. The molecule has 0 aliphatic carbocycles. The van der Waals surface area contributed by atoms with Gasteiger partial charge in [0.15, 0.2) is 5.76 Å². The molecule has 0 aliphatic heterocycles. The summed E-state index contributed by atoms with van der Waals surface area (Å²) in [5.41, 5.74) is 3.46. The molecule has 1 heterocycles. The molecule has 1 aromatic heterocycles. The molecular formula is C19H18FNO. The Morgan fingerprint density at radius 1 is 1.18 bits per heavy atom. The lowest BCUT2D eigenvalue weighted by Crippen LogP contribution is -2.11. The number of halogens is 1. The van der Waals surface area contributed by atoms with Crippen molar-refractivity contribution in [1.29, 1.82) is 0 Å². The van der Waals surface area contributed by atoms with Gasteiger partial charge in [0, 0.05) is 17.5 Å². The van der Waals surface area contributed by atoms with E-state index in [1.54, 1.807) is 12.1 Å². The van der Waals surface area contributed by atoms with Crippen molar-refractivity contribution < 1.29 is 8.81 Å². The molecule has 0 amide bonds. The van der Waals surface area contributed by atoms with Gasteiger partial charge in [-0.15, -0.1) is 0 Å². The lowest BCUT2D eigenvalue weighted by molar-refractivity contribution is 0.592. The third-order valence-corrected chi connectivity index (χ3v) is 3.59. The van der Waals surface area contributed by atoms with Gasteiger partial charge in [0.1, 0.15) is 11.4 Å². The fraction of sp³-hybridized carbons (Fsp3) is 0.158. The monoisotopic (exact) mass is 295 g/mol. The number of furan rings is 1. The molecule has 3 aromatic rings. The van der Waals surface area contributed by atoms with Crippen molar-refractivity contribution in [2.75, 3.05) is 6.54 Å². The molecule has 0 radical (unpaired) electrons. The van der Waals surface area contributed by atoms with Crippen LogP contribution in [0.3, 0.4) is 0 Å². The molecule has 2 nitrogen and oxygen atoms in total. The van der Waals surface area contributed by atoms with E-state index in [-0.39, 0.29) is 5.82 Å². The number of hydrogen-bond acceptors (Lipinski definition) is 2. The highest BCUT2D eigenvalue weighted by Gasteiger charge is 2.11. The maximum absolute atomic E-state index is 13.1. The van der Waals surface area contributed by atoms with E-state index < -0.39 is 0 Å². The van der Waals surface area contributed by atoms with Gasteiger partial charge in [0.2, 0.25) is 0 Å². The molecule has 0 atom stereocenters. The van der Waals surface area contributed by atoms with Crippen LogP contribution in [0.25, 0.3) is 27.8 Å². The van der Waals surface area contributed by atoms with E-state index >= 15 is 0 Å². The molecule has 0 fully saturated rings. The summed E-state index contributed by atoms with van der Waals surface area (Å²) < 4.78 is 19.1. The first kappa shape index (κ1) is 14.4. The lowest BCUT2D eigenvalue weighted by Gasteiger charge is -2.05. The Labute approximate surface area is 129 Å². The largest absolute Gasteiger partial charge is 0.454 e. The Hall–Kier alpha value is -2.55. The van der Waals surface area contributed by atoms with Gasteiger partial charge in [0.05, 0.1) is 5.70 Å². The molecule has 0 aliphatic rings. The zero-order valence-electron chi connectivity index (χ0n) is 12.5. The summed E-state index contributed by atoms with van der Waals surface area (Å²) in [6, 6.07) is 14.4. The number of nitrogens with one attached hydrogen (secondary N) is 1. The van der Waals surface area contributed by atoms with Gasteiger partial charge in [-0.2, -0.15) is 0 Å². The summed E-state index contributed by atoms with van der Waals surface area (Å²) >= 11 is 0. The molecule has 3 rings (SSSR count). The minimum Gasteiger partial charge on any atom is -0.454 e. The van der Waals surface area contributed by atoms with E-state index in [9.17, 15) is 4.39 Å². The van der Waals surface area contributed by atoms with Gasteiger partial charge < -0.3 is 9.73 Å². The van der Waals surface area contributed by atoms with Gasteiger partial charge in [0.25, 0.3) is 0 Å². The average molecular weight is 295 g/mol. The highest BCUT2D eigenvalue weighted by atomic mass is 19.1. The van der Waals surface area contributed by atoms with Crippen molar-refractivity contribution in [2.24, 2.45) is 0 Å². The van der Waals surface area contributed by atoms with Crippen LogP contribution in [-0.4, -0.2) is 6.54 Å². The first-order valence-corrected chi connectivity index (χ1v) is 7.40. The normalized spacial score (nSPS) is 10.8. The highest BCUT2D eigenvalue weighted by Crippen LogP contribution is 2.32. The second-order valence-corrected chi connectivity index (χ2v) is 5.25. The maximum atomic E-state index is 13.1. The molecule has 0 unspecified atom stereocenters. The van der Waals surface area contributed by atoms with Crippen LogP contribution in [0.1, 0.15) is 19.1 Å². The zero-order valence-corrected chi connectivity index (χ0v) is 12.5. The van der Waals surface area contributed by atoms with Crippen LogP contribution in [0.2, 0.25) is 0 Å². The van der Waals surface area contributed by atoms with Crippen LogP contribution in [0.4, 0.5) is 4.39 Å². The van der Waals surface area contributed by atoms with Crippen LogP contribution in [0, 0.1) is 5.82 Å². The Balaban J connectivity index is 2.03. The molecular weight excluding hydrogens is 277 g/mol. The number of para-hydroxylation sites is 1. The van der Waals surface area contributed by atoms with E-state index in [2.05, 4.69) is 18.8 Å².